The van der Waals surface area contributed by atoms with Crippen LogP contribution in [0.3, 0.4) is 0 Å². The summed E-state index contributed by atoms with van der Waals surface area (Å²) in [6.45, 7) is 0. The zero-order chi connectivity index (χ0) is 12.3. The van der Waals surface area contributed by atoms with Gasteiger partial charge in [-0.05, 0) is 6.07 Å². The standard InChI is InChI=1S/C12H11NO4/c1-16-10-5-3-2-4-8(10)6-9-7-13-11(17-9)12(14)15/h2-5,7H,6H2,1H3,(H,14,15). The first-order chi connectivity index (χ1) is 8.20. The van der Waals surface area contributed by atoms with Crippen LogP contribution >= 0.6 is 0 Å². The molecule has 0 aliphatic heterocycles. The summed E-state index contributed by atoms with van der Waals surface area (Å²) in [5, 5.41) is 8.68. The van der Waals surface area contributed by atoms with Crippen molar-refractivity contribution < 1.29 is 19.1 Å². The van der Waals surface area contributed by atoms with Crippen molar-refractivity contribution in [2.24, 2.45) is 0 Å². The highest BCUT2D eigenvalue weighted by Crippen LogP contribution is 2.21. The molecule has 2 aromatic rings. The number of methoxy groups -OCH3 is 1. The Morgan fingerprint density at radius 3 is 2.88 bits per heavy atom. The van der Waals surface area contributed by atoms with Crippen LogP contribution in [0.25, 0.3) is 0 Å². The Hall–Kier alpha value is -2.30. The summed E-state index contributed by atoms with van der Waals surface area (Å²) >= 11 is 0. The predicted molar refractivity (Wildman–Crippen MR) is 59.3 cm³/mol. The summed E-state index contributed by atoms with van der Waals surface area (Å²) in [7, 11) is 1.59. The Bertz CT molecular complexity index is 533. The number of hydrogen-bond acceptors (Lipinski definition) is 4. The number of aromatic nitrogens is 1. The molecular weight excluding hydrogens is 222 g/mol. The lowest BCUT2D eigenvalue weighted by Gasteiger charge is -2.05. The largest absolute Gasteiger partial charge is 0.496 e. The first kappa shape index (κ1) is 11.2. The topological polar surface area (TPSA) is 72.6 Å². The highest BCUT2D eigenvalue weighted by molar-refractivity contribution is 5.81. The second kappa shape index (κ2) is 4.69. The van der Waals surface area contributed by atoms with Gasteiger partial charge in [0.25, 0.3) is 0 Å². The Balaban J connectivity index is 2.22. The number of oxazole rings is 1. The van der Waals surface area contributed by atoms with Crippen molar-refractivity contribution >= 4 is 5.97 Å². The van der Waals surface area contributed by atoms with Crippen LogP contribution in [0.1, 0.15) is 22.0 Å². The number of hydrogen-bond donors (Lipinski definition) is 1. The molecule has 2 rings (SSSR count). The second-order valence-corrected chi connectivity index (χ2v) is 3.43. The minimum absolute atomic E-state index is 0.296. The Morgan fingerprint density at radius 2 is 2.24 bits per heavy atom. The van der Waals surface area contributed by atoms with Gasteiger partial charge in [0.2, 0.25) is 0 Å². The summed E-state index contributed by atoms with van der Waals surface area (Å²) < 4.78 is 10.3. The molecule has 0 atom stereocenters. The van der Waals surface area contributed by atoms with E-state index in [1.165, 1.54) is 6.20 Å². The number of para-hydroxylation sites is 1. The van der Waals surface area contributed by atoms with E-state index in [9.17, 15) is 4.79 Å². The van der Waals surface area contributed by atoms with Crippen molar-refractivity contribution in [1.29, 1.82) is 0 Å². The molecule has 0 bridgehead atoms. The van der Waals surface area contributed by atoms with Crippen LogP contribution in [0.2, 0.25) is 0 Å². The van der Waals surface area contributed by atoms with Gasteiger partial charge in [-0.1, -0.05) is 18.2 Å². The van der Waals surface area contributed by atoms with Gasteiger partial charge in [0.15, 0.2) is 0 Å². The van der Waals surface area contributed by atoms with Gasteiger partial charge in [-0.15, -0.1) is 0 Å². The molecule has 5 heteroatoms. The van der Waals surface area contributed by atoms with Gasteiger partial charge in [0.05, 0.1) is 13.3 Å². The van der Waals surface area contributed by atoms with E-state index in [0.29, 0.717) is 12.2 Å². The maximum atomic E-state index is 10.6. The summed E-state index contributed by atoms with van der Waals surface area (Å²) in [4.78, 5) is 14.3. The van der Waals surface area contributed by atoms with Gasteiger partial charge in [-0.2, -0.15) is 0 Å². The summed E-state index contributed by atoms with van der Waals surface area (Å²) in [6.07, 6.45) is 1.86. The molecule has 17 heavy (non-hydrogen) atoms. The molecule has 0 saturated heterocycles. The summed E-state index contributed by atoms with van der Waals surface area (Å²) in [5.74, 6) is -0.237. The fourth-order valence-corrected chi connectivity index (χ4v) is 1.52. The monoisotopic (exact) mass is 233 g/mol. The molecule has 0 spiro atoms. The molecule has 1 aromatic carbocycles. The van der Waals surface area contributed by atoms with Crippen molar-refractivity contribution in [2.75, 3.05) is 7.11 Å². The van der Waals surface area contributed by atoms with Crippen molar-refractivity contribution in [3.8, 4) is 5.75 Å². The van der Waals surface area contributed by atoms with Crippen molar-refractivity contribution in [1.82, 2.24) is 4.98 Å². The van der Waals surface area contributed by atoms with Gasteiger partial charge in [-0.25, -0.2) is 9.78 Å². The molecule has 1 N–H and O–H groups in total. The first-order valence-electron chi connectivity index (χ1n) is 5.00. The minimum atomic E-state index is -1.17. The SMILES string of the molecule is COc1ccccc1Cc1cnc(C(=O)O)o1. The van der Waals surface area contributed by atoms with E-state index in [2.05, 4.69) is 4.98 Å². The maximum Gasteiger partial charge on any atom is 0.392 e. The lowest BCUT2D eigenvalue weighted by Crippen LogP contribution is -1.95. The number of carboxylic acids is 1. The van der Waals surface area contributed by atoms with E-state index in [0.717, 1.165) is 11.3 Å². The van der Waals surface area contributed by atoms with Crippen molar-refractivity contribution in [3.05, 3.63) is 47.7 Å². The molecule has 1 heterocycles. The minimum Gasteiger partial charge on any atom is -0.496 e. The molecule has 0 amide bonds. The van der Waals surface area contributed by atoms with Crippen LogP contribution in [0.4, 0.5) is 0 Å². The molecule has 0 saturated carbocycles. The molecule has 0 aliphatic carbocycles. The zero-order valence-corrected chi connectivity index (χ0v) is 9.21. The quantitative estimate of drug-likeness (QED) is 0.874. The van der Waals surface area contributed by atoms with E-state index >= 15 is 0 Å². The number of nitrogens with zero attached hydrogens (tertiary/aromatic N) is 1. The third-order valence-corrected chi connectivity index (χ3v) is 2.29. The van der Waals surface area contributed by atoms with Crippen LogP contribution in [0.15, 0.2) is 34.9 Å². The smallest absolute Gasteiger partial charge is 0.392 e. The summed E-state index contributed by atoms with van der Waals surface area (Å²) in [6, 6.07) is 7.48. The number of carboxylic acid groups (broad SMARTS) is 1. The van der Waals surface area contributed by atoms with E-state index in [4.69, 9.17) is 14.3 Å². The molecule has 0 aliphatic rings. The summed E-state index contributed by atoms with van der Waals surface area (Å²) in [5.41, 5.74) is 0.920. The number of aromatic carboxylic acids is 1. The van der Waals surface area contributed by atoms with Gasteiger partial charge in [0, 0.05) is 12.0 Å². The Morgan fingerprint density at radius 1 is 1.47 bits per heavy atom. The fraction of sp³-hybridized carbons (Fsp3) is 0.167. The van der Waals surface area contributed by atoms with E-state index in [-0.39, 0.29) is 5.89 Å². The molecule has 0 radical (unpaired) electrons. The van der Waals surface area contributed by atoms with Gasteiger partial charge < -0.3 is 14.3 Å². The first-order valence-corrected chi connectivity index (χ1v) is 5.00. The van der Waals surface area contributed by atoms with E-state index < -0.39 is 5.97 Å². The van der Waals surface area contributed by atoms with Crippen LogP contribution in [-0.2, 0) is 6.42 Å². The molecule has 1 aromatic heterocycles. The van der Waals surface area contributed by atoms with Crippen molar-refractivity contribution in [2.45, 2.75) is 6.42 Å². The van der Waals surface area contributed by atoms with Gasteiger partial charge >= 0.3 is 11.9 Å². The lowest BCUT2D eigenvalue weighted by molar-refractivity contribution is 0.0652. The molecule has 0 unspecified atom stereocenters. The third kappa shape index (κ3) is 2.44. The van der Waals surface area contributed by atoms with Crippen LogP contribution in [0.5, 0.6) is 5.75 Å². The van der Waals surface area contributed by atoms with Gasteiger partial charge in [0.1, 0.15) is 11.5 Å². The average molecular weight is 233 g/mol. The lowest BCUT2D eigenvalue weighted by atomic mass is 10.1. The molecule has 88 valence electrons. The van der Waals surface area contributed by atoms with E-state index in [1.54, 1.807) is 7.11 Å². The predicted octanol–water partition coefficient (Wildman–Crippen LogP) is 1.97. The number of rotatable bonds is 4. The van der Waals surface area contributed by atoms with Crippen molar-refractivity contribution in [3.63, 3.8) is 0 Å². The van der Waals surface area contributed by atoms with Crippen LogP contribution in [0, 0.1) is 0 Å². The third-order valence-electron chi connectivity index (χ3n) is 2.29. The number of ether oxygens (including phenoxy) is 1. The second-order valence-electron chi connectivity index (χ2n) is 3.43. The fourth-order valence-electron chi connectivity index (χ4n) is 1.52. The van der Waals surface area contributed by atoms with Gasteiger partial charge in [-0.3, -0.25) is 0 Å². The van der Waals surface area contributed by atoms with Crippen LogP contribution in [-0.4, -0.2) is 23.2 Å². The molecule has 5 nitrogen and oxygen atoms in total. The maximum absolute atomic E-state index is 10.6. The normalized spacial score (nSPS) is 10.2. The Kier molecular flexibility index (Phi) is 3.09. The molecular formula is C12H11NO4. The average Bonchev–Trinajstić information content (AvgIpc) is 2.78. The zero-order valence-electron chi connectivity index (χ0n) is 9.21. The highest BCUT2D eigenvalue weighted by Gasteiger charge is 2.12. The van der Waals surface area contributed by atoms with Crippen LogP contribution < -0.4 is 4.74 Å². The Labute approximate surface area is 97.7 Å². The van der Waals surface area contributed by atoms with E-state index in [1.807, 2.05) is 24.3 Å². The number of carbonyl (C=O) groups is 1. The highest BCUT2D eigenvalue weighted by atomic mass is 16.5. The number of benzene rings is 1. The molecule has 0 fully saturated rings.